The average molecular weight is 306 g/mol. The number of thiophene rings is 1. The summed E-state index contributed by atoms with van der Waals surface area (Å²) in [6.07, 6.45) is 0. The summed E-state index contributed by atoms with van der Waals surface area (Å²) in [4.78, 5) is 14.2. The number of hydrogen-bond donors (Lipinski definition) is 1. The van der Waals surface area contributed by atoms with Crippen molar-refractivity contribution in [1.29, 1.82) is 0 Å². The molecule has 4 nitrogen and oxygen atoms in total. The van der Waals surface area contributed by atoms with Gasteiger partial charge in [-0.1, -0.05) is 13.8 Å². The smallest absolute Gasteiger partial charge is 0.146 e. The van der Waals surface area contributed by atoms with Gasteiger partial charge in [-0.2, -0.15) is 0 Å². The Balaban J connectivity index is 2.38. The van der Waals surface area contributed by atoms with E-state index in [1.807, 2.05) is 7.05 Å². The summed E-state index contributed by atoms with van der Waals surface area (Å²) in [6, 6.07) is 0.508. The Hall–Kier alpha value is -1.20. The van der Waals surface area contributed by atoms with Gasteiger partial charge in [-0.3, -0.25) is 4.90 Å². The molecule has 0 amide bonds. The first-order valence-electron chi connectivity index (χ1n) is 7.49. The fourth-order valence-electron chi connectivity index (χ4n) is 2.42. The predicted octanol–water partition coefficient (Wildman–Crippen LogP) is 3.83. The van der Waals surface area contributed by atoms with Gasteiger partial charge in [-0.15, -0.1) is 11.3 Å². The summed E-state index contributed by atoms with van der Waals surface area (Å²) in [6.45, 7) is 11.8. The Morgan fingerprint density at radius 1 is 1.19 bits per heavy atom. The maximum Gasteiger partial charge on any atom is 0.146 e. The highest BCUT2D eigenvalue weighted by Gasteiger charge is 2.17. The minimum Gasteiger partial charge on any atom is -0.372 e. The molecule has 0 aliphatic rings. The van der Waals surface area contributed by atoms with Crippen molar-refractivity contribution in [3.63, 3.8) is 0 Å². The topological polar surface area (TPSA) is 41.1 Å². The normalized spacial score (nSPS) is 13.4. The van der Waals surface area contributed by atoms with Gasteiger partial charge in [0.05, 0.1) is 11.9 Å². The molecule has 2 aromatic heterocycles. The van der Waals surface area contributed by atoms with E-state index in [1.54, 1.807) is 11.3 Å². The molecule has 0 saturated heterocycles. The van der Waals surface area contributed by atoms with E-state index in [0.29, 0.717) is 12.0 Å². The van der Waals surface area contributed by atoms with Crippen molar-refractivity contribution in [2.24, 2.45) is 5.92 Å². The summed E-state index contributed by atoms with van der Waals surface area (Å²) in [7, 11) is 4.07. The third kappa shape index (κ3) is 3.19. The average Bonchev–Trinajstić information content (AvgIpc) is 2.72. The van der Waals surface area contributed by atoms with Gasteiger partial charge in [0.2, 0.25) is 0 Å². The summed E-state index contributed by atoms with van der Waals surface area (Å²) < 4.78 is 0. The number of rotatable bonds is 5. The number of aryl methyl sites for hydroxylation is 2. The molecule has 0 aliphatic carbocycles. The number of anilines is 1. The van der Waals surface area contributed by atoms with Crippen LogP contribution in [0.1, 0.15) is 37.0 Å². The first kappa shape index (κ1) is 16.2. The van der Waals surface area contributed by atoms with Crippen molar-refractivity contribution in [2.75, 3.05) is 19.4 Å². The molecule has 2 heterocycles. The standard InChI is InChI=1S/C16H26N4S/c1-9(2)11(4)20(7)8-13-18-15(17-6)14-10(3)12(5)21-16(14)19-13/h9,11H,8H2,1-7H3,(H,17,18,19). The molecule has 1 N–H and O–H groups in total. The molecule has 0 aliphatic heterocycles. The van der Waals surface area contributed by atoms with Crippen LogP contribution in [0.15, 0.2) is 0 Å². The second-order valence-electron chi connectivity index (χ2n) is 6.10. The number of nitrogens with one attached hydrogen (secondary N) is 1. The van der Waals surface area contributed by atoms with Crippen LogP contribution in [-0.4, -0.2) is 35.0 Å². The molecule has 5 heteroatoms. The van der Waals surface area contributed by atoms with Crippen LogP contribution in [0.5, 0.6) is 0 Å². The molecule has 0 bridgehead atoms. The molecule has 116 valence electrons. The summed E-state index contributed by atoms with van der Waals surface area (Å²) >= 11 is 1.75. The van der Waals surface area contributed by atoms with E-state index in [9.17, 15) is 0 Å². The molecule has 2 aromatic rings. The second-order valence-corrected chi connectivity index (χ2v) is 7.30. The zero-order valence-electron chi connectivity index (χ0n) is 14.1. The molecule has 1 unspecified atom stereocenters. The summed E-state index contributed by atoms with van der Waals surface area (Å²) in [5.41, 5.74) is 1.29. The van der Waals surface area contributed by atoms with Crippen LogP contribution in [0.2, 0.25) is 0 Å². The van der Waals surface area contributed by atoms with Crippen molar-refractivity contribution in [2.45, 2.75) is 47.2 Å². The number of aromatic nitrogens is 2. The summed E-state index contributed by atoms with van der Waals surface area (Å²) in [5, 5.41) is 4.40. The zero-order valence-corrected chi connectivity index (χ0v) is 14.9. The lowest BCUT2D eigenvalue weighted by Crippen LogP contribution is -2.33. The summed E-state index contributed by atoms with van der Waals surface area (Å²) in [5.74, 6) is 2.46. The quantitative estimate of drug-likeness (QED) is 0.911. The molecule has 0 spiro atoms. The van der Waals surface area contributed by atoms with Crippen molar-refractivity contribution < 1.29 is 0 Å². The van der Waals surface area contributed by atoms with Crippen LogP contribution in [0.25, 0.3) is 10.2 Å². The molecule has 0 radical (unpaired) electrons. The van der Waals surface area contributed by atoms with E-state index in [-0.39, 0.29) is 0 Å². The maximum absolute atomic E-state index is 4.77. The van der Waals surface area contributed by atoms with Gasteiger partial charge < -0.3 is 5.32 Å². The molecule has 0 fully saturated rings. The highest BCUT2D eigenvalue weighted by atomic mass is 32.1. The molecule has 0 saturated carbocycles. The first-order chi connectivity index (χ1) is 9.85. The predicted molar refractivity (Wildman–Crippen MR) is 92.2 cm³/mol. The van der Waals surface area contributed by atoms with Crippen LogP contribution < -0.4 is 5.32 Å². The van der Waals surface area contributed by atoms with E-state index in [1.165, 1.54) is 15.8 Å². The highest BCUT2D eigenvalue weighted by Crippen LogP contribution is 2.33. The molecular formula is C16H26N4S. The third-order valence-electron chi connectivity index (χ3n) is 4.36. The highest BCUT2D eigenvalue weighted by molar-refractivity contribution is 7.18. The van der Waals surface area contributed by atoms with Crippen LogP contribution in [0.4, 0.5) is 5.82 Å². The molecule has 21 heavy (non-hydrogen) atoms. The van der Waals surface area contributed by atoms with E-state index < -0.39 is 0 Å². The molecular weight excluding hydrogens is 280 g/mol. The van der Waals surface area contributed by atoms with Gasteiger partial charge in [0.1, 0.15) is 16.5 Å². The fraction of sp³-hybridized carbons (Fsp3) is 0.625. The lowest BCUT2D eigenvalue weighted by Gasteiger charge is -2.27. The lowest BCUT2D eigenvalue weighted by atomic mass is 10.1. The molecule has 0 aromatic carbocycles. The molecule has 2 rings (SSSR count). The van der Waals surface area contributed by atoms with Gasteiger partial charge in [0, 0.05) is 18.0 Å². The molecule has 1 atom stereocenters. The van der Waals surface area contributed by atoms with Gasteiger partial charge in [0.15, 0.2) is 0 Å². The van der Waals surface area contributed by atoms with Gasteiger partial charge in [-0.05, 0) is 39.3 Å². The minimum atomic E-state index is 0.508. The van der Waals surface area contributed by atoms with E-state index >= 15 is 0 Å². The Kier molecular flexibility index (Phi) is 4.84. The number of fused-ring (bicyclic) bond motifs is 1. The second kappa shape index (κ2) is 6.28. The van der Waals surface area contributed by atoms with Gasteiger partial charge in [0.25, 0.3) is 0 Å². The Labute approximate surface area is 131 Å². The van der Waals surface area contributed by atoms with Gasteiger partial charge >= 0.3 is 0 Å². The van der Waals surface area contributed by atoms with E-state index in [2.05, 4.69) is 51.9 Å². The first-order valence-corrected chi connectivity index (χ1v) is 8.31. The van der Waals surface area contributed by atoms with Crippen molar-refractivity contribution >= 4 is 27.4 Å². The lowest BCUT2D eigenvalue weighted by molar-refractivity contribution is 0.196. The van der Waals surface area contributed by atoms with Crippen LogP contribution in [0, 0.1) is 19.8 Å². The zero-order chi connectivity index (χ0) is 15.7. The number of nitrogens with zero attached hydrogens (tertiary/aromatic N) is 3. The SMILES string of the molecule is CNc1nc(CN(C)C(C)C(C)C)nc2sc(C)c(C)c12. The maximum atomic E-state index is 4.77. The Bertz CT molecular complexity index is 633. The largest absolute Gasteiger partial charge is 0.372 e. The van der Waals surface area contributed by atoms with E-state index in [0.717, 1.165) is 23.0 Å². The fourth-order valence-corrected chi connectivity index (χ4v) is 3.47. The van der Waals surface area contributed by atoms with Crippen LogP contribution in [-0.2, 0) is 6.54 Å². The van der Waals surface area contributed by atoms with Crippen LogP contribution >= 0.6 is 11.3 Å². The van der Waals surface area contributed by atoms with Crippen molar-refractivity contribution in [1.82, 2.24) is 14.9 Å². The van der Waals surface area contributed by atoms with Crippen molar-refractivity contribution in [3.8, 4) is 0 Å². The minimum absolute atomic E-state index is 0.508. The Morgan fingerprint density at radius 3 is 2.43 bits per heavy atom. The van der Waals surface area contributed by atoms with Gasteiger partial charge in [-0.25, -0.2) is 9.97 Å². The van der Waals surface area contributed by atoms with Crippen LogP contribution in [0.3, 0.4) is 0 Å². The number of hydrogen-bond acceptors (Lipinski definition) is 5. The Morgan fingerprint density at radius 2 is 1.86 bits per heavy atom. The monoisotopic (exact) mass is 306 g/mol. The third-order valence-corrected chi connectivity index (χ3v) is 5.46. The van der Waals surface area contributed by atoms with Crippen molar-refractivity contribution in [3.05, 3.63) is 16.3 Å². The van der Waals surface area contributed by atoms with E-state index in [4.69, 9.17) is 9.97 Å².